The molecule has 2 aromatic rings. The van der Waals surface area contributed by atoms with E-state index < -0.39 is 33.1 Å². The predicted molar refractivity (Wildman–Crippen MR) is 129 cm³/mol. The summed E-state index contributed by atoms with van der Waals surface area (Å²) in [6.07, 6.45) is -2.01. The van der Waals surface area contributed by atoms with Crippen LogP contribution in [0.4, 0.5) is 13.2 Å². The van der Waals surface area contributed by atoms with Crippen molar-refractivity contribution in [1.29, 1.82) is 0 Å². The number of alkyl halides is 3. The molecule has 1 atom stereocenters. The van der Waals surface area contributed by atoms with Crippen molar-refractivity contribution in [3.8, 4) is 0 Å². The van der Waals surface area contributed by atoms with Crippen LogP contribution in [0.2, 0.25) is 5.02 Å². The zero-order chi connectivity index (χ0) is 26.0. The van der Waals surface area contributed by atoms with Crippen molar-refractivity contribution in [3.63, 3.8) is 0 Å². The first-order valence-corrected chi connectivity index (χ1v) is 13.4. The van der Waals surface area contributed by atoms with Crippen LogP contribution in [0.5, 0.6) is 0 Å². The number of nitrogens with two attached hydrogens (primary N) is 1. The standard InChI is InChI=1S/C24H29ClF3N3O3S/c1-3-35(33,34)21-10-8-18(25)13-17(21)15-30-22(32)16-7-9-19(20(14-16)24(26,27)28)23(2,29)31-11-5-4-6-12-31/h7-10,13-14H,3-6,11-12,15,29H2,1-2H3,(H,30,32)/t23-/m1/s1. The van der Waals surface area contributed by atoms with E-state index in [-0.39, 0.29) is 38.9 Å². The molecule has 2 aromatic carbocycles. The highest BCUT2D eigenvalue weighted by Gasteiger charge is 2.41. The minimum atomic E-state index is -4.72. The Hall–Kier alpha value is -2.14. The minimum Gasteiger partial charge on any atom is -0.348 e. The Morgan fingerprint density at radius 2 is 1.74 bits per heavy atom. The molecule has 0 spiro atoms. The van der Waals surface area contributed by atoms with Crippen LogP contribution in [0, 0.1) is 0 Å². The summed E-state index contributed by atoms with van der Waals surface area (Å²) in [7, 11) is -3.59. The molecule has 6 nitrogen and oxygen atoms in total. The number of benzene rings is 2. The van der Waals surface area contributed by atoms with Gasteiger partial charge in [-0.05, 0) is 61.2 Å². The van der Waals surface area contributed by atoms with Gasteiger partial charge in [0.1, 0.15) is 0 Å². The number of piperidine rings is 1. The molecule has 0 unspecified atom stereocenters. The van der Waals surface area contributed by atoms with E-state index in [1.807, 2.05) is 4.90 Å². The van der Waals surface area contributed by atoms with Crippen LogP contribution in [0.25, 0.3) is 0 Å². The van der Waals surface area contributed by atoms with Crippen molar-refractivity contribution in [1.82, 2.24) is 10.2 Å². The van der Waals surface area contributed by atoms with Gasteiger partial charge in [0.05, 0.1) is 21.9 Å². The molecule has 0 bridgehead atoms. The van der Waals surface area contributed by atoms with Gasteiger partial charge in [-0.2, -0.15) is 13.2 Å². The topological polar surface area (TPSA) is 92.5 Å². The third-order valence-corrected chi connectivity index (χ3v) is 8.39. The molecule has 1 aliphatic rings. The Morgan fingerprint density at radius 3 is 2.34 bits per heavy atom. The third-order valence-electron chi connectivity index (χ3n) is 6.32. The molecule has 1 heterocycles. The summed E-state index contributed by atoms with van der Waals surface area (Å²) in [5.74, 6) is -0.931. The molecule has 1 amide bonds. The Labute approximate surface area is 208 Å². The summed E-state index contributed by atoms with van der Waals surface area (Å²) < 4.78 is 66.8. The number of hydrogen-bond donors (Lipinski definition) is 2. The van der Waals surface area contributed by atoms with E-state index in [9.17, 15) is 26.4 Å². The average molecular weight is 532 g/mol. The zero-order valence-corrected chi connectivity index (χ0v) is 21.2. The fraction of sp³-hybridized carbons (Fsp3) is 0.458. The second kappa shape index (κ2) is 10.5. The molecular weight excluding hydrogens is 503 g/mol. The molecule has 0 aromatic heterocycles. The van der Waals surface area contributed by atoms with Crippen molar-refractivity contribution < 1.29 is 26.4 Å². The van der Waals surface area contributed by atoms with Crippen molar-refractivity contribution in [2.45, 2.75) is 56.4 Å². The second-order valence-corrected chi connectivity index (χ2v) is 11.5. The quantitative estimate of drug-likeness (QED) is 0.540. The van der Waals surface area contributed by atoms with Crippen LogP contribution in [-0.4, -0.2) is 38.1 Å². The lowest BCUT2D eigenvalue weighted by Gasteiger charge is -2.42. The average Bonchev–Trinajstić information content (AvgIpc) is 2.82. The van der Waals surface area contributed by atoms with Crippen LogP contribution in [0.1, 0.15) is 60.2 Å². The lowest BCUT2D eigenvalue weighted by atomic mass is 9.91. The lowest BCUT2D eigenvalue weighted by molar-refractivity contribution is -0.139. The molecule has 3 N–H and O–H groups in total. The molecule has 35 heavy (non-hydrogen) atoms. The van der Waals surface area contributed by atoms with Gasteiger partial charge in [-0.25, -0.2) is 8.42 Å². The molecule has 0 radical (unpaired) electrons. The van der Waals surface area contributed by atoms with E-state index in [1.165, 1.54) is 37.3 Å². The van der Waals surface area contributed by atoms with E-state index in [0.717, 1.165) is 25.3 Å². The van der Waals surface area contributed by atoms with Gasteiger partial charge in [0.15, 0.2) is 9.84 Å². The maximum atomic E-state index is 14.0. The number of carbonyl (C=O) groups excluding carboxylic acids is 1. The molecule has 0 saturated carbocycles. The molecule has 11 heteroatoms. The molecule has 3 rings (SSSR count). The Balaban J connectivity index is 1.90. The van der Waals surface area contributed by atoms with Gasteiger partial charge in [-0.15, -0.1) is 0 Å². The summed E-state index contributed by atoms with van der Waals surface area (Å²) in [6, 6.07) is 7.53. The summed E-state index contributed by atoms with van der Waals surface area (Å²) in [5, 5.41) is 2.78. The third kappa shape index (κ3) is 6.17. The van der Waals surface area contributed by atoms with Gasteiger partial charge in [-0.3, -0.25) is 9.69 Å². The number of sulfone groups is 1. The minimum absolute atomic E-state index is 0.0106. The molecular formula is C24H29ClF3N3O3S. The van der Waals surface area contributed by atoms with Gasteiger partial charge in [-0.1, -0.05) is 31.0 Å². The predicted octanol–water partition coefficient (Wildman–Crippen LogP) is 4.70. The molecule has 1 aliphatic heterocycles. The SMILES string of the molecule is CCS(=O)(=O)c1ccc(Cl)cc1CNC(=O)c1ccc([C@](C)(N)N2CCCCC2)c(C(F)(F)F)c1. The van der Waals surface area contributed by atoms with Crippen LogP contribution in [0.15, 0.2) is 41.3 Å². The first kappa shape index (κ1) is 27.4. The van der Waals surface area contributed by atoms with Gasteiger partial charge in [0.25, 0.3) is 5.91 Å². The first-order chi connectivity index (χ1) is 16.3. The fourth-order valence-electron chi connectivity index (χ4n) is 4.31. The summed E-state index contributed by atoms with van der Waals surface area (Å²) in [6.45, 7) is 4.00. The highest BCUT2D eigenvalue weighted by atomic mass is 35.5. The van der Waals surface area contributed by atoms with Gasteiger partial charge in [0.2, 0.25) is 0 Å². The molecule has 0 aliphatic carbocycles. The summed E-state index contributed by atoms with van der Waals surface area (Å²) in [4.78, 5) is 14.6. The first-order valence-electron chi connectivity index (χ1n) is 11.3. The normalized spacial score (nSPS) is 17.1. The largest absolute Gasteiger partial charge is 0.416 e. The molecule has 192 valence electrons. The smallest absolute Gasteiger partial charge is 0.348 e. The maximum Gasteiger partial charge on any atom is 0.416 e. The maximum absolute atomic E-state index is 14.0. The van der Waals surface area contributed by atoms with E-state index in [2.05, 4.69) is 5.32 Å². The number of carbonyl (C=O) groups is 1. The lowest BCUT2D eigenvalue weighted by Crippen LogP contribution is -2.53. The second-order valence-electron chi connectivity index (χ2n) is 8.79. The number of amides is 1. The van der Waals surface area contributed by atoms with Crippen molar-refractivity contribution >= 4 is 27.3 Å². The van der Waals surface area contributed by atoms with E-state index in [1.54, 1.807) is 6.92 Å². The molecule has 1 fully saturated rings. The molecule has 1 saturated heterocycles. The summed E-state index contributed by atoms with van der Waals surface area (Å²) >= 11 is 5.99. The fourth-order valence-corrected chi connectivity index (χ4v) is 5.62. The highest BCUT2D eigenvalue weighted by molar-refractivity contribution is 7.91. The van der Waals surface area contributed by atoms with E-state index in [4.69, 9.17) is 17.3 Å². The van der Waals surface area contributed by atoms with Crippen molar-refractivity contribution in [2.75, 3.05) is 18.8 Å². The zero-order valence-electron chi connectivity index (χ0n) is 19.6. The summed E-state index contributed by atoms with van der Waals surface area (Å²) in [5.41, 5.74) is 4.02. The van der Waals surface area contributed by atoms with Gasteiger partial charge >= 0.3 is 6.18 Å². The van der Waals surface area contributed by atoms with Crippen LogP contribution in [-0.2, 0) is 28.2 Å². The highest BCUT2D eigenvalue weighted by Crippen LogP contribution is 2.38. The number of nitrogens with zero attached hydrogens (tertiary/aromatic N) is 1. The number of halogens is 4. The number of likely N-dealkylation sites (tertiary alicyclic amines) is 1. The van der Waals surface area contributed by atoms with Gasteiger partial charge < -0.3 is 11.1 Å². The number of rotatable bonds is 7. The number of hydrogen-bond acceptors (Lipinski definition) is 5. The van der Waals surface area contributed by atoms with Crippen molar-refractivity contribution in [3.05, 3.63) is 63.7 Å². The van der Waals surface area contributed by atoms with Crippen molar-refractivity contribution in [2.24, 2.45) is 5.73 Å². The Morgan fingerprint density at radius 1 is 1.09 bits per heavy atom. The van der Waals surface area contributed by atoms with Crippen LogP contribution >= 0.6 is 11.6 Å². The van der Waals surface area contributed by atoms with E-state index >= 15 is 0 Å². The number of nitrogens with one attached hydrogen (secondary N) is 1. The Kier molecular flexibility index (Phi) is 8.20. The monoisotopic (exact) mass is 531 g/mol. The van der Waals surface area contributed by atoms with E-state index in [0.29, 0.717) is 13.1 Å². The van der Waals surface area contributed by atoms with Crippen LogP contribution in [0.3, 0.4) is 0 Å². The van der Waals surface area contributed by atoms with Crippen LogP contribution < -0.4 is 11.1 Å². The van der Waals surface area contributed by atoms with Gasteiger partial charge in [0, 0.05) is 30.2 Å². The Bertz CT molecular complexity index is 1190.